The van der Waals surface area contributed by atoms with Gasteiger partial charge in [0.2, 0.25) is 0 Å². The molecule has 1 aromatic heterocycles. The summed E-state index contributed by atoms with van der Waals surface area (Å²) in [6, 6.07) is 9.95. The van der Waals surface area contributed by atoms with Crippen molar-refractivity contribution in [3.05, 3.63) is 29.8 Å². The van der Waals surface area contributed by atoms with E-state index in [0.29, 0.717) is 6.42 Å². The monoisotopic (exact) mass is 241 g/mol. The lowest BCUT2D eigenvalue weighted by Gasteiger charge is -2.16. The Morgan fingerprint density at radius 1 is 1.33 bits per heavy atom. The number of aromatic nitrogens is 1. The number of hydrogen-bond acceptors (Lipinski definition) is 4. The van der Waals surface area contributed by atoms with Crippen LogP contribution in [0.5, 0.6) is 5.75 Å². The molecule has 2 rings (SSSR count). The Kier molecular flexibility index (Phi) is 3.33. The normalized spacial score (nSPS) is 10.1. The molecule has 92 valence electrons. The predicted octanol–water partition coefficient (Wildman–Crippen LogP) is 2.38. The first-order chi connectivity index (χ1) is 8.65. The number of methoxy groups -OCH3 is 1. The van der Waals surface area contributed by atoms with E-state index in [1.807, 2.05) is 43.3 Å². The van der Waals surface area contributed by atoms with Crippen molar-refractivity contribution in [3.8, 4) is 11.8 Å². The van der Waals surface area contributed by atoms with Crippen molar-refractivity contribution >= 4 is 16.7 Å². The van der Waals surface area contributed by atoms with Crippen molar-refractivity contribution in [1.82, 2.24) is 4.98 Å². The predicted molar refractivity (Wildman–Crippen MR) is 71.9 cm³/mol. The minimum atomic E-state index is 0.364. The Morgan fingerprint density at radius 2 is 2.11 bits per heavy atom. The molecule has 0 N–H and O–H groups in total. The van der Waals surface area contributed by atoms with Gasteiger partial charge in [0.15, 0.2) is 0 Å². The van der Waals surface area contributed by atoms with Crippen LogP contribution in [0.4, 0.5) is 5.82 Å². The van der Waals surface area contributed by atoms with Crippen molar-refractivity contribution in [2.45, 2.75) is 6.42 Å². The van der Waals surface area contributed by atoms with Crippen molar-refractivity contribution in [3.63, 3.8) is 0 Å². The molecule has 0 aliphatic rings. The van der Waals surface area contributed by atoms with Crippen LogP contribution < -0.4 is 9.64 Å². The van der Waals surface area contributed by atoms with Crippen molar-refractivity contribution in [2.75, 3.05) is 26.1 Å². The third kappa shape index (κ3) is 2.21. The van der Waals surface area contributed by atoms with E-state index in [1.165, 1.54) is 0 Å². The molecule has 0 unspecified atom stereocenters. The van der Waals surface area contributed by atoms with Crippen LogP contribution in [0.2, 0.25) is 0 Å². The van der Waals surface area contributed by atoms with Crippen LogP contribution >= 0.6 is 0 Å². The Balaban J connectivity index is 2.64. The maximum atomic E-state index is 8.86. The van der Waals surface area contributed by atoms with Crippen LogP contribution in [0, 0.1) is 11.3 Å². The van der Waals surface area contributed by atoms with Gasteiger partial charge in [0.05, 0.1) is 25.1 Å². The molecular formula is C14H15N3O. The Labute approximate surface area is 106 Å². The molecule has 0 aliphatic heterocycles. The molecule has 0 bridgehead atoms. The summed E-state index contributed by atoms with van der Waals surface area (Å²) in [5.74, 6) is 1.62. The number of nitrogens with zero attached hydrogens (tertiary/aromatic N) is 3. The zero-order valence-corrected chi connectivity index (χ0v) is 10.8. The number of ether oxygens (including phenoxy) is 1. The first kappa shape index (κ1) is 12.2. The lowest BCUT2D eigenvalue weighted by Crippen LogP contribution is -2.13. The fraction of sp³-hybridized carbons (Fsp3) is 0.286. The number of anilines is 1. The third-order valence-electron chi connectivity index (χ3n) is 2.77. The van der Waals surface area contributed by atoms with E-state index in [9.17, 15) is 0 Å². The highest BCUT2D eigenvalue weighted by Gasteiger charge is 2.09. The standard InChI is InChI=1S/C14H15N3O/c1-17(2)14-11(6-7-15)8-10-4-5-12(18-3)9-13(10)16-14/h4-5,8-9H,6H2,1-3H3. The fourth-order valence-corrected chi connectivity index (χ4v) is 1.91. The highest BCUT2D eigenvalue weighted by molar-refractivity contribution is 5.83. The molecule has 4 heteroatoms. The average molecular weight is 241 g/mol. The van der Waals surface area contributed by atoms with E-state index < -0.39 is 0 Å². The molecule has 2 aromatic rings. The number of rotatable bonds is 3. The molecule has 0 saturated carbocycles. The molecule has 1 heterocycles. The highest BCUT2D eigenvalue weighted by atomic mass is 16.5. The largest absolute Gasteiger partial charge is 0.497 e. The molecule has 1 aromatic carbocycles. The van der Waals surface area contributed by atoms with E-state index in [0.717, 1.165) is 28.0 Å². The van der Waals surface area contributed by atoms with Crippen molar-refractivity contribution in [1.29, 1.82) is 5.26 Å². The summed E-state index contributed by atoms with van der Waals surface area (Å²) in [4.78, 5) is 6.52. The molecule has 0 aliphatic carbocycles. The quantitative estimate of drug-likeness (QED) is 0.827. The van der Waals surface area contributed by atoms with Crippen LogP contribution in [0.15, 0.2) is 24.3 Å². The molecule has 4 nitrogen and oxygen atoms in total. The van der Waals surface area contributed by atoms with Gasteiger partial charge in [-0.2, -0.15) is 5.26 Å². The summed E-state index contributed by atoms with van der Waals surface area (Å²) in [6.07, 6.45) is 0.364. The minimum absolute atomic E-state index is 0.364. The van der Waals surface area contributed by atoms with Gasteiger partial charge in [0, 0.05) is 31.1 Å². The first-order valence-corrected chi connectivity index (χ1v) is 5.67. The molecule has 18 heavy (non-hydrogen) atoms. The van der Waals surface area contributed by atoms with Gasteiger partial charge in [-0.3, -0.25) is 0 Å². The maximum Gasteiger partial charge on any atom is 0.133 e. The van der Waals surface area contributed by atoms with E-state index >= 15 is 0 Å². The minimum Gasteiger partial charge on any atom is -0.497 e. The van der Waals surface area contributed by atoms with Crippen LogP contribution in [0.3, 0.4) is 0 Å². The molecule has 0 fully saturated rings. The Bertz CT molecular complexity index is 614. The number of benzene rings is 1. The summed E-state index contributed by atoms with van der Waals surface area (Å²) in [7, 11) is 5.49. The van der Waals surface area contributed by atoms with Crippen LogP contribution in [0.25, 0.3) is 10.9 Å². The number of nitriles is 1. The molecule has 0 spiro atoms. The summed E-state index contributed by atoms with van der Waals surface area (Å²) < 4.78 is 5.19. The van der Waals surface area contributed by atoms with Crippen LogP contribution in [0.1, 0.15) is 5.56 Å². The van der Waals surface area contributed by atoms with E-state index in [-0.39, 0.29) is 0 Å². The average Bonchev–Trinajstić information content (AvgIpc) is 2.37. The Morgan fingerprint density at radius 3 is 2.72 bits per heavy atom. The van der Waals surface area contributed by atoms with Crippen molar-refractivity contribution in [2.24, 2.45) is 0 Å². The fourth-order valence-electron chi connectivity index (χ4n) is 1.91. The van der Waals surface area contributed by atoms with Gasteiger partial charge in [0.25, 0.3) is 0 Å². The van der Waals surface area contributed by atoms with Crippen LogP contribution in [-0.2, 0) is 6.42 Å². The molecule has 0 saturated heterocycles. The van der Waals surface area contributed by atoms with Gasteiger partial charge in [-0.05, 0) is 18.2 Å². The maximum absolute atomic E-state index is 8.86. The second-order valence-corrected chi connectivity index (χ2v) is 4.26. The molecular weight excluding hydrogens is 226 g/mol. The van der Waals surface area contributed by atoms with Gasteiger partial charge < -0.3 is 9.64 Å². The topological polar surface area (TPSA) is 49.1 Å². The smallest absolute Gasteiger partial charge is 0.133 e. The summed E-state index contributed by atoms with van der Waals surface area (Å²) in [5.41, 5.74) is 1.82. The first-order valence-electron chi connectivity index (χ1n) is 5.67. The Hall–Kier alpha value is -2.28. The summed E-state index contributed by atoms with van der Waals surface area (Å²) in [6.45, 7) is 0. The third-order valence-corrected chi connectivity index (χ3v) is 2.77. The van der Waals surface area contributed by atoms with Crippen LogP contribution in [-0.4, -0.2) is 26.2 Å². The van der Waals surface area contributed by atoms with E-state index in [2.05, 4.69) is 11.1 Å². The SMILES string of the molecule is COc1ccc2cc(CC#N)c(N(C)C)nc2c1. The van der Waals surface area contributed by atoms with Gasteiger partial charge in [-0.15, -0.1) is 0 Å². The van der Waals surface area contributed by atoms with Gasteiger partial charge in [-0.1, -0.05) is 0 Å². The van der Waals surface area contributed by atoms with Gasteiger partial charge >= 0.3 is 0 Å². The highest BCUT2D eigenvalue weighted by Crippen LogP contribution is 2.25. The second-order valence-electron chi connectivity index (χ2n) is 4.26. The number of fused-ring (bicyclic) bond motifs is 1. The van der Waals surface area contributed by atoms with E-state index in [4.69, 9.17) is 10.00 Å². The zero-order valence-electron chi connectivity index (χ0n) is 10.8. The van der Waals surface area contributed by atoms with Gasteiger partial charge in [0.1, 0.15) is 11.6 Å². The number of hydrogen-bond donors (Lipinski definition) is 0. The second kappa shape index (κ2) is 4.92. The summed E-state index contributed by atoms with van der Waals surface area (Å²) in [5, 5.41) is 9.88. The molecule has 0 amide bonds. The van der Waals surface area contributed by atoms with Crippen molar-refractivity contribution < 1.29 is 4.74 Å². The lowest BCUT2D eigenvalue weighted by atomic mass is 10.1. The zero-order chi connectivity index (χ0) is 13.1. The number of pyridine rings is 1. The lowest BCUT2D eigenvalue weighted by molar-refractivity contribution is 0.415. The molecule has 0 radical (unpaired) electrons. The van der Waals surface area contributed by atoms with Gasteiger partial charge in [-0.25, -0.2) is 4.98 Å². The van der Waals surface area contributed by atoms with E-state index in [1.54, 1.807) is 7.11 Å². The summed E-state index contributed by atoms with van der Waals surface area (Å²) >= 11 is 0. The molecule has 0 atom stereocenters.